The number of carbonyl (C=O) groups excluding carboxylic acids is 2. The normalized spacial score (nSPS) is 17.0. The van der Waals surface area contributed by atoms with Gasteiger partial charge in [0.15, 0.2) is 0 Å². The maximum Gasteiger partial charge on any atom is 0.290 e. The summed E-state index contributed by atoms with van der Waals surface area (Å²) in [4.78, 5) is 34.7. The molecule has 3 heterocycles. The Hall–Kier alpha value is -3.05. The summed E-state index contributed by atoms with van der Waals surface area (Å²) in [6.07, 6.45) is 1.08. The van der Waals surface area contributed by atoms with Gasteiger partial charge in [0.05, 0.1) is 12.5 Å². The zero-order valence-corrected chi connectivity index (χ0v) is 17.2. The average molecular weight is 434 g/mol. The summed E-state index contributed by atoms with van der Waals surface area (Å²) < 4.78 is 10.5. The first kappa shape index (κ1) is 21.7. The number of carbonyl (C=O) groups is 3. The van der Waals surface area contributed by atoms with Crippen LogP contribution in [0, 0.1) is 5.92 Å². The Morgan fingerprint density at radius 2 is 2.27 bits per heavy atom. The first-order valence-electron chi connectivity index (χ1n) is 9.27. The van der Waals surface area contributed by atoms with Crippen LogP contribution in [0.25, 0.3) is 0 Å². The summed E-state index contributed by atoms with van der Waals surface area (Å²) in [7, 11) is 1.58. The van der Waals surface area contributed by atoms with Crippen LogP contribution in [0.3, 0.4) is 0 Å². The highest BCUT2D eigenvalue weighted by Crippen LogP contribution is 2.29. The second kappa shape index (κ2) is 10.1. The Morgan fingerprint density at radius 3 is 3.03 bits per heavy atom. The van der Waals surface area contributed by atoms with E-state index in [-0.39, 0.29) is 30.6 Å². The van der Waals surface area contributed by atoms with Crippen molar-refractivity contribution in [2.75, 3.05) is 25.2 Å². The molecule has 160 valence electrons. The van der Waals surface area contributed by atoms with Crippen molar-refractivity contribution in [1.29, 1.82) is 0 Å². The van der Waals surface area contributed by atoms with E-state index in [1.54, 1.807) is 7.11 Å². The number of nitrogens with one attached hydrogen (secondary N) is 1. The molecule has 4 rings (SSSR count). The Bertz CT molecular complexity index is 918. The highest BCUT2D eigenvalue weighted by atomic mass is 32.1. The van der Waals surface area contributed by atoms with E-state index >= 15 is 0 Å². The van der Waals surface area contributed by atoms with Crippen molar-refractivity contribution in [3.63, 3.8) is 0 Å². The Labute approximate surface area is 176 Å². The second-order valence-corrected chi connectivity index (χ2v) is 7.72. The molecule has 1 unspecified atom stereocenters. The lowest BCUT2D eigenvalue weighted by molar-refractivity contribution is -0.126. The molecule has 2 aliphatic heterocycles. The number of ether oxygens (including phenoxy) is 2. The van der Waals surface area contributed by atoms with E-state index < -0.39 is 0 Å². The number of fused-ring (bicyclic) bond motifs is 1. The van der Waals surface area contributed by atoms with Gasteiger partial charge in [-0.25, -0.2) is 0 Å². The molecule has 0 spiro atoms. The van der Waals surface area contributed by atoms with E-state index in [2.05, 4.69) is 21.6 Å². The average Bonchev–Trinajstić information content (AvgIpc) is 3.46. The van der Waals surface area contributed by atoms with E-state index in [4.69, 9.17) is 19.4 Å². The maximum absolute atomic E-state index is 12.5. The van der Waals surface area contributed by atoms with Gasteiger partial charge in [-0.15, -0.1) is 10.2 Å². The number of methoxy groups -OCH3 is 1. The van der Waals surface area contributed by atoms with Crippen LogP contribution in [0.1, 0.15) is 22.6 Å². The fraction of sp³-hybridized carbons (Fsp3) is 0.421. The van der Waals surface area contributed by atoms with E-state index in [1.165, 1.54) is 21.8 Å². The fourth-order valence-corrected chi connectivity index (χ4v) is 4.12. The Kier molecular flexibility index (Phi) is 7.31. The smallest absolute Gasteiger partial charge is 0.290 e. The first-order chi connectivity index (χ1) is 14.5. The van der Waals surface area contributed by atoms with Gasteiger partial charge >= 0.3 is 0 Å². The van der Waals surface area contributed by atoms with Gasteiger partial charge in [0.1, 0.15) is 17.4 Å². The number of hydrogen-bond donors (Lipinski definition) is 2. The third-order valence-electron chi connectivity index (χ3n) is 4.67. The molecule has 30 heavy (non-hydrogen) atoms. The van der Waals surface area contributed by atoms with Crippen LogP contribution in [0.2, 0.25) is 0 Å². The molecule has 2 aromatic rings. The molecular weight excluding hydrogens is 412 g/mol. The van der Waals surface area contributed by atoms with Gasteiger partial charge in [-0.1, -0.05) is 23.5 Å². The third kappa shape index (κ3) is 5.10. The SMILES string of the molecule is COCc1nnc(N2CC(C(=O)NCc3ccc4c(c3)CCO4)CC2=O)s1.O=CO. The third-order valence-corrected chi connectivity index (χ3v) is 5.59. The molecule has 2 amide bonds. The monoisotopic (exact) mass is 434 g/mol. The molecule has 1 saturated heterocycles. The quantitative estimate of drug-likeness (QED) is 0.644. The topological polar surface area (TPSA) is 131 Å². The molecule has 0 saturated carbocycles. The largest absolute Gasteiger partial charge is 0.493 e. The predicted octanol–water partition coefficient (Wildman–Crippen LogP) is 0.990. The van der Waals surface area contributed by atoms with Gasteiger partial charge < -0.3 is 19.9 Å². The molecule has 10 nitrogen and oxygen atoms in total. The van der Waals surface area contributed by atoms with Crippen molar-refractivity contribution < 1.29 is 29.0 Å². The minimum absolute atomic E-state index is 0.107. The Morgan fingerprint density at radius 1 is 1.47 bits per heavy atom. The highest BCUT2D eigenvalue weighted by Gasteiger charge is 2.36. The number of hydrogen-bond acceptors (Lipinski definition) is 8. The lowest BCUT2D eigenvalue weighted by Gasteiger charge is -2.13. The lowest BCUT2D eigenvalue weighted by atomic mass is 10.1. The van der Waals surface area contributed by atoms with Gasteiger partial charge in [-0.2, -0.15) is 0 Å². The van der Waals surface area contributed by atoms with Crippen molar-refractivity contribution >= 4 is 34.8 Å². The first-order valence-corrected chi connectivity index (χ1v) is 10.1. The van der Waals surface area contributed by atoms with Crippen LogP contribution < -0.4 is 15.0 Å². The van der Waals surface area contributed by atoms with E-state index in [0.717, 1.165) is 17.7 Å². The summed E-state index contributed by atoms with van der Waals surface area (Å²) in [5.74, 6) is 0.311. The van der Waals surface area contributed by atoms with Crippen LogP contribution in [-0.4, -0.2) is 53.9 Å². The summed E-state index contributed by atoms with van der Waals surface area (Å²) in [6.45, 7) is 1.58. The molecule has 1 aromatic heterocycles. The molecule has 0 aliphatic carbocycles. The predicted molar refractivity (Wildman–Crippen MR) is 107 cm³/mol. The van der Waals surface area contributed by atoms with Crippen LogP contribution in [-0.2, 0) is 38.7 Å². The zero-order valence-electron chi connectivity index (χ0n) is 16.4. The zero-order chi connectivity index (χ0) is 21.5. The van der Waals surface area contributed by atoms with Crippen LogP contribution in [0.5, 0.6) is 5.75 Å². The van der Waals surface area contributed by atoms with Crippen molar-refractivity contribution in [1.82, 2.24) is 15.5 Å². The lowest BCUT2D eigenvalue weighted by Crippen LogP contribution is -2.32. The standard InChI is InChI=1S/C18H20N4O4S.CH2O2/c1-25-10-15-20-21-18(27-15)22-9-13(7-16(22)23)17(24)19-8-11-2-3-14-12(6-11)4-5-26-14;2-1-3/h2-3,6,13H,4-5,7-10H2,1H3,(H,19,24);1H,(H,2,3). The Balaban J connectivity index is 0.000000806. The summed E-state index contributed by atoms with van der Waals surface area (Å²) in [5.41, 5.74) is 2.20. The molecule has 0 bridgehead atoms. The van der Waals surface area contributed by atoms with E-state index in [0.29, 0.717) is 36.4 Å². The van der Waals surface area contributed by atoms with Crippen LogP contribution >= 0.6 is 11.3 Å². The summed E-state index contributed by atoms with van der Waals surface area (Å²) in [6, 6.07) is 5.96. The number of carboxylic acid groups (broad SMARTS) is 1. The minimum Gasteiger partial charge on any atom is -0.493 e. The minimum atomic E-state index is -0.384. The van der Waals surface area contributed by atoms with E-state index in [9.17, 15) is 9.59 Å². The van der Waals surface area contributed by atoms with Crippen molar-refractivity contribution in [2.45, 2.75) is 26.0 Å². The van der Waals surface area contributed by atoms with Gasteiger partial charge in [-0.05, 0) is 17.2 Å². The van der Waals surface area contributed by atoms with Gasteiger partial charge in [-0.3, -0.25) is 19.3 Å². The molecule has 1 aromatic carbocycles. The molecule has 11 heteroatoms. The van der Waals surface area contributed by atoms with Gasteiger partial charge in [0, 0.05) is 33.0 Å². The maximum atomic E-state index is 12.5. The van der Waals surface area contributed by atoms with Crippen molar-refractivity contribution in [2.24, 2.45) is 5.92 Å². The fourth-order valence-electron chi connectivity index (χ4n) is 3.29. The van der Waals surface area contributed by atoms with Gasteiger partial charge in [0.2, 0.25) is 16.9 Å². The summed E-state index contributed by atoms with van der Waals surface area (Å²) >= 11 is 1.31. The summed E-state index contributed by atoms with van der Waals surface area (Å²) in [5, 5.41) is 19.1. The number of nitrogens with zero attached hydrogens (tertiary/aromatic N) is 3. The molecule has 1 atom stereocenters. The van der Waals surface area contributed by atoms with E-state index in [1.807, 2.05) is 12.1 Å². The number of benzene rings is 1. The number of amides is 2. The van der Waals surface area contributed by atoms with Gasteiger partial charge in [0.25, 0.3) is 6.47 Å². The molecular formula is C19H22N4O6S. The number of aromatic nitrogens is 2. The van der Waals surface area contributed by atoms with Crippen LogP contribution in [0.4, 0.5) is 5.13 Å². The second-order valence-electron chi connectivity index (χ2n) is 6.68. The molecule has 2 aliphatic rings. The number of rotatable bonds is 6. The molecule has 1 fully saturated rings. The number of anilines is 1. The molecule has 0 radical (unpaired) electrons. The van der Waals surface area contributed by atoms with Crippen LogP contribution in [0.15, 0.2) is 18.2 Å². The van der Waals surface area contributed by atoms with Crippen molar-refractivity contribution in [3.05, 3.63) is 34.3 Å². The van der Waals surface area contributed by atoms with Crippen molar-refractivity contribution in [3.8, 4) is 5.75 Å². The molecule has 2 N–H and O–H groups in total. The highest BCUT2D eigenvalue weighted by molar-refractivity contribution is 7.15.